The summed E-state index contributed by atoms with van der Waals surface area (Å²) in [5.41, 5.74) is 7.23. The van der Waals surface area contributed by atoms with E-state index in [2.05, 4.69) is 0 Å². The van der Waals surface area contributed by atoms with Crippen LogP contribution in [0.2, 0.25) is 0 Å². The zero-order valence-corrected chi connectivity index (χ0v) is 10.9. The van der Waals surface area contributed by atoms with Gasteiger partial charge in [-0.1, -0.05) is 0 Å². The van der Waals surface area contributed by atoms with E-state index in [-0.39, 0.29) is 5.78 Å². The number of nitrogens with two attached hydrogens (primary N) is 1. The number of carbonyl (C=O) groups excluding carboxylic acids is 1. The van der Waals surface area contributed by atoms with Crippen molar-refractivity contribution in [2.75, 3.05) is 21.2 Å². The van der Waals surface area contributed by atoms with Crippen molar-refractivity contribution in [1.29, 1.82) is 0 Å². The third-order valence-electron chi connectivity index (χ3n) is 2.47. The van der Waals surface area contributed by atoms with Crippen LogP contribution in [-0.2, 0) is 6.54 Å². The molecule has 1 unspecified atom stereocenters. The second-order valence-corrected chi connectivity index (χ2v) is 4.42. The number of hydrogen-bond acceptors (Lipinski definition) is 4. The molecule has 0 spiro atoms. The van der Waals surface area contributed by atoms with Crippen molar-refractivity contribution in [3.05, 3.63) is 29.3 Å². The van der Waals surface area contributed by atoms with Crippen LogP contribution in [0.25, 0.3) is 0 Å². The lowest BCUT2D eigenvalue weighted by molar-refractivity contribution is 0.0967. The Hall–Kier alpha value is -1.39. The molecule has 0 aliphatic rings. The maximum absolute atomic E-state index is 11.8. The molecule has 2 N–H and O–H groups in total. The molecule has 1 aromatic rings. The molecule has 0 heterocycles. The van der Waals surface area contributed by atoms with Gasteiger partial charge in [0, 0.05) is 17.7 Å². The zero-order valence-electron chi connectivity index (χ0n) is 10.9. The standard InChI is InChI=1S/C13H20N2O2/c1-9(14)13(16)10-5-6-12(17-4)11(7-10)8-15(2)3/h5-7,9H,8,14H2,1-4H3. The number of carbonyl (C=O) groups is 1. The van der Waals surface area contributed by atoms with Gasteiger partial charge in [-0.2, -0.15) is 0 Å². The summed E-state index contributed by atoms with van der Waals surface area (Å²) in [4.78, 5) is 13.8. The summed E-state index contributed by atoms with van der Waals surface area (Å²) in [5, 5.41) is 0. The second-order valence-electron chi connectivity index (χ2n) is 4.42. The Kier molecular flexibility index (Phi) is 4.66. The molecule has 0 radical (unpaired) electrons. The first kappa shape index (κ1) is 13.7. The fraction of sp³-hybridized carbons (Fsp3) is 0.462. The Labute approximate surface area is 102 Å². The van der Waals surface area contributed by atoms with Crippen LogP contribution >= 0.6 is 0 Å². The van der Waals surface area contributed by atoms with Crippen LogP contribution in [0.4, 0.5) is 0 Å². The number of Topliss-reactive ketones (excluding diaryl/α,β-unsaturated/α-hetero) is 1. The van der Waals surface area contributed by atoms with E-state index in [1.54, 1.807) is 20.1 Å². The number of ether oxygens (including phenoxy) is 1. The van der Waals surface area contributed by atoms with Crippen molar-refractivity contribution < 1.29 is 9.53 Å². The van der Waals surface area contributed by atoms with E-state index in [1.807, 2.05) is 31.1 Å². The summed E-state index contributed by atoms with van der Waals surface area (Å²) in [6.07, 6.45) is 0. The van der Waals surface area contributed by atoms with Gasteiger partial charge in [-0.15, -0.1) is 0 Å². The highest BCUT2D eigenvalue weighted by atomic mass is 16.5. The van der Waals surface area contributed by atoms with E-state index in [4.69, 9.17) is 10.5 Å². The van der Waals surface area contributed by atoms with Crippen LogP contribution < -0.4 is 10.5 Å². The second kappa shape index (κ2) is 5.80. The zero-order chi connectivity index (χ0) is 13.0. The molecule has 0 aromatic heterocycles. The predicted molar refractivity (Wildman–Crippen MR) is 68.4 cm³/mol. The predicted octanol–water partition coefficient (Wildman–Crippen LogP) is 1.29. The van der Waals surface area contributed by atoms with Gasteiger partial charge in [-0.25, -0.2) is 0 Å². The molecule has 1 atom stereocenters. The highest BCUT2D eigenvalue weighted by Gasteiger charge is 2.13. The first-order valence-electron chi connectivity index (χ1n) is 5.57. The molecule has 94 valence electrons. The first-order chi connectivity index (χ1) is 7.95. The van der Waals surface area contributed by atoms with Gasteiger partial charge in [0.1, 0.15) is 5.75 Å². The molecular formula is C13H20N2O2. The van der Waals surface area contributed by atoms with Gasteiger partial charge in [-0.05, 0) is 39.2 Å². The van der Waals surface area contributed by atoms with Crippen LogP contribution in [0.3, 0.4) is 0 Å². The Bertz CT molecular complexity index is 400. The molecule has 1 aromatic carbocycles. The number of nitrogens with zero attached hydrogens (tertiary/aromatic N) is 1. The van der Waals surface area contributed by atoms with Crippen molar-refractivity contribution in [3.8, 4) is 5.75 Å². The fourth-order valence-electron chi connectivity index (χ4n) is 1.66. The van der Waals surface area contributed by atoms with Crippen LogP contribution in [0.15, 0.2) is 18.2 Å². The SMILES string of the molecule is COc1ccc(C(=O)C(C)N)cc1CN(C)C. The quantitative estimate of drug-likeness (QED) is 0.783. The highest BCUT2D eigenvalue weighted by molar-refractivity contribution is 6.00. The van der Waals surface area contributed by atoms with Gasteiger partial charge in [0.25, 0.3) is 0 Å². The smallest absolute Gasteiger partial charge is 0.179 e. The van der Waals surface area contributed by atoms with Crippen molar-refractivity contribution in [3.63, 3.8) is 0 Å². The Balaban J connectivity index is 3.08. The summed E-state index contributed by atoms with van der Waals surface area (Å²) in [7, 11) is 5.57. The third-order valence-corrected chi connectivity index (χ3v) is 2.47. The van der Waals surface area contributed by atoms with E-state index in [1.165, 1.54) is 0 Å². The average molecular weight is 236 g/mol. The molecule has 0 amide bonds. The minimum Gasteiger partial charge on any atom is -0.496 e. The molecule has 0 bridgehead atoms. The minimum absolute atomic E-state index is 0.0485. The lowest BCUT2D eigenvalue weighted by Gasteiger charge is -2.15. The molecule has 4 heteroatoms. The molecule has 0 fully saturated rings. The van der Waals surface area contributed by atoms with Gasteiger partial charge in [0.05, 0.1) is 13.2 Å². The molecule has 1 rings (SSSR count). The van der Waals surface area contributed by atoms with Crippen molar-refractivity contribution in [1.82, 2.24) is 4.90 Å². The lowest BCUT2D eigenvalue weighted by atomic mass is 10.0. The molecule has 0 aliphatic heterocycles. The van der Waals surface area contributed by atoms with Gasteiger partial charge < -0.3 is 15.4 Å². The number of benzene rings is 1. The largest absolute Gasteiger partial charge is 0.496 e. The summed E-state index contributed by atoms with van der Waals surface area (Å²) >= 11 is 0. The molecule has 0 saturated heterocycles. The van der Waals surface area contributed by atoms with Crippen LogP contribution in [0.1, 0.15) is 22.8 Å². The Morgan fingerprint density at radius 1 is 1.47 bits per heavy atom. The van der Waals surface area contributed by atoms with Crippen molar-refractivity contribution >= 4 is 5.78 Å². The Morgan fingerprint density at radius 2 is 2.12 bits per heavy atom. The molecule has 0 aliphatic carbocycles. The van der Waals surface area contributed by atoms with Gasteiger partial charge in [0.2, 0.25) is 0 Å². The van der Waals surface area contributed by atoms with Crippen molar-refractivity contribution in [2.45, 2.75) is 19.5 Å². The van der Waals surface area contributed by atoms with E-state index in [9.17, 15) is 4.79 Å². The normalized spacial score (nSPS) is 12.6. The number of rotatable bonds is 5. The molecule has 0 saturated carbocycles. The maximum Gasteiger partial charge on any atom is 0.179 e. The van der Waals surface area contributed by atoms with Gasteiger partial charge in [-0.3, -0.25) is 4.79 Å². The summed E-state index contributed by atoms with van der Waals surface area (Å²) in [6.45, 7) is 2.42. The number of hydrogen-bond donors (Lipinski definition) is 1. The maximum atomic E-state index is 11.8. The summed E-state index contributed by atoms with van der Waals surface area (Å²) in [6, 6.07) is 4.94. The minimum atomic E-state index is -0.476. The third kappa shape index (κ3) is 3.54. The molecule has 17 heavy (non-hydrogen) atoms. The van der Waals surface area contributed by atoms with E-state index in [0.717, 1.165) is 17.9 Å². The van der Waals surface area contributed by atoms with Crippen LogP contribution in [-0.4, -0.2) is 37.9 Å². The number of methoxy groups -OCH3 is 1. The number of ketones is 1. The first-order valence-corrected chi connectivity index (χ1v) is 5.57. The van der Waals surface area contributed by atoms with E-state index < -0.39 is 6.04 Å². The average Bonchev–Trinajstić information content (AvgIpc) is 2.27. The lowest BCUT2D eigenvalue weighted by Crippen LogP contribution is -2.26. The van der Waals surface area contributed by atoms with Gasteiger partial charge in [0.15, 0.2) is 5.78 Å². The molecule has 4 nitrogen and oxygen atoms in total. The Morgan fingerprint density at radius 3 is 2.59 bits per heavy atom. The van der Waals surface area contributed by atoms with Gasteiger partial charge >= 0.3 is 0 Å². The fourth-order valence-corrected chi connectivity index (χ4v) is 1.66. The van der Waals surface area contributed by atoms with Crippen LogP contribution in [0, 0.1) is 0 Å². The topological polar surface area (TPSA) is 55.6 Å². The van der Waals surface area contributed by atoms with E-state index >= 15 is 0 Å². The molecular weight excluding hydrogens is 216 g/mol. The summed E-state index contributed by atoms with van der Waals surface area (Å²) in [5.74, 6) is 0.743. The highest BCUT2D eigenvalue weighted by Crippen LogP contribution is 2.21. The van der Waals surface area contributed by atoms with E-state index in [0.29, 0.717) is 5.56 Å². The monoisotopic (exact) mass is 236 g/mol. The van der Waals surface area contributed by atoms with Crippen LogP contribution in [0.5, 0.6) is 5.75 Å². The van der Waals surface area contributed by atoms with Crippen molar-refractivity contribution in [2.24, 2.45) is 5.73 Å². The summed E-state index contributed by atoms with van der Waals surface area (Å²) < 4.78 is 5.27.